The van der Waals surface area contributed by atoms with E-state index in [1.807, 2.05) is 13.0 Å². The van der Waals surface area contributed by atoms with Gasteiger partial charge in [0.2, 0.25) is 11.8 Å². The summed E-state index contributed by atoms with van der Waals surface area (Å²) in [5, 5.41) is 9.11. The van der Waals surface area contributed by atoms with Crippen LogP contribution in [0.3, 0.4) is 0 Å². The topological polar surface area (TPSA) is 61.2 Å². The summed E-state index contributed by atoms with van der Waals surface area (Å²) >= 11 is 5.89. The van der Waals surface area contributed by atoms with Crippen molar-refractivity contribution in [3.05, 3.63) is 28.8 Å². The van der Waals surface area contributed by atoms with Gasteiger partial charge in [-0.25, -0.2) is 4.90 Å². The van der Waals surface area contributed by atoms with Gasteiger partial charge in [-0.1, -0.05) is 17.7 Å². The highest BCUT2D eigenvalue weighted by atomic mass is 35.5. The molecule has 18 heavy (non-hydrogen) atoms. The van der Waals surface area contributed by atoms with Crippen LogP contribution >= 0.6 is 11.6 Å². The minimum absolute atomic E-state index is 0.0701. The first-order valence-electron chi connectivity index (χ1n) is 5.54. The molecule has 0 saturated carbocycles. The monoisotopic (exact) mass is 262 g/mol. The number of nitrogens with zero attached hydrogens (tertiary/aromatic N) is 2. The number of halogens is 1. The van der Waals surface area contributed by atoms with Crippen molar-refractivity contribution in [3.8, 4) is 6.07 Å². The largest absolute Gasteiger partial charge is 0.274 e. The average molecular weight is 263 g/mol. The summed E-state index contributed by atoms with van der Waals surface area (Å²) < 4.78 is 0. The molecule has 2 amide bonds. The molecule has 5 heteroatoms. The van der Waals surface area contributed by atoms with Crippen LogP contribution in [0.5, 0.6) is 0 Å². The Hall–Kier alpha value is -1.86. The summed E-state index contributed by atoms with van der Waals surface area (Å²) in [5.74, 6) is -1.11. The summed E-state index contributed by atoms with van der Waals surface area (Å²) in [5.41, 5.74) is 1.32. The minimum Gasteiger partial charge on any atom is -0.274 e. The molecule has 0 spiro atoms. The summed E-state index contributed by atoms with van der Waals surface area (Å²) in [7, 11) is 0. The molecule has 1 atom stereocenters. The molecule has 0 radical (unpaired) electrons. The molecule has 0 bridgehead atoms. The van der Waals surface area contributed by atoms with Crippen LogP contribution in [-0.4, -0.2) is 11.8 Å². The number of aryl methyl sites for hydroxylation is 1. The SMILES string of the molecule is Cc1ccc(Cl)cc1N1C(=O)CC(CC#N)C1=O. The normalized spacial score (nSPS) is 19.2. The molecular weight excluding hydrogens is 252 g/mol. The first-order valence-corrected chi connectivity index (χ1v) is 5.92. The third-order valence-electron chi connectivity index (χ3n) is 2.99. The fourth-order valence-electron chi connectivity index (χ4n) is 2.04. The average Bonchev–Trinajstić information content (AvgIpc) is 2.59. The van der Waals surface area contributed by atoms with Crippen molar-refractivity contribution in [1.82, 2.24) is 0 Å². The highest BCUT2D eigenvalue weighted by Gasteiger charge is 2.39. The van der Waals surface area contributed by atoms with E-state index in [1.165, 1.54) is 0 Å². The number of amides is 2. The number of nitriles is 1. The molecule has 1 aliphatic rings. The molecule has 1 aromatic rings. The van der Waals surface area contributed by atoms with Gasteiger partial charge < -0.3 is 0 Å². The standard InChI is InChI=1S/C13H11ClN2O2/c1-8-2-3-10(14)7-11(8)16-12(17)6-9(4-5-15)13(16)18/h2-3,7,9H,4,6H2,1H3. The highest BCUT2D eigenvalue weighted by Crippen LogP contribution is 2.32. The molecule has 4 nitrogen and oxygen atoms in total. The number of benzene rings is 1. The maximum atomic E-state index is 12.1. The third-order valence-corrected chi connectivity index (χ3v) is 3.22. The Morgan fingerprint density at radius 1 is 1.50 bits per heavy atom. The lowest BCUT2D eigenvalue weighted by Crippen LogP contribution is -2.31. The van der Waals surface area contributed by atoms with Crippen LogP contribution in [0.4, 0.5) is 5.69 Å². The van der Waals surface area contributed by atoms with Crippen LogP contribution in [0.2, 0.25) is 5.02 Å². The molecular formula is C13H11ClN2O2. The molecule has 1 unspecified atom stereocenters. The van der Waals surface area contributed by atoms with Crippen molar-refractivity contribution in [3.63, 3.8) is 0 Å². The van der Waals surface area contributed by atoms with Crippen molar-refractivity contribution >= 4 is 29.1 Å². The zero-order valence-electron chi connectivity index (χ0n) is 9.81. The maximum absolute atomic E-state index is 12.1. The smallest absolute Gasteiger partial charge is 0.238 e. The lowest BCUT2D eigenvalue weighted by Gasteiger charge is -2.17. The number of hydrogen-bond donors (Lipinski definition) is 0. The first kappa shape index (κ1) is 12.6. The second-order valence-corrected chi connectivity index (χ2v) is 4.70. The molecule has 1 heterocycles. The predicted molar refractivity (Wildman–Crippen MR) is 67.0 cm³/mol. The van der Waals surface area contributed by atoms with Crippen LogP contribution in [0.1, 0.15) is 18.4 Å². The Morgan fingerprint density at radius 2 is 2.22 bits per heavy atom. The molecule has 1 fully saturated rings. The number of hydrogen-bond acceptors (Lipinski definition) is 3. The van der Waals surface area contributed by atoms with Crippen molar-refractivity contribution in [2.45, 2.75) is 19.8 Å². The second kappa shape index (κ2) is 4.79. The fraction of sp³-hybridized carbons (Fsp3) is 0.308. The Balaban J connectivity index is 2.39. The van der Waals surface area contributed by atoms with Crippen LogP contribution < -0.4 is 4.90 Å². The van der Waals surface area contributed by atoms with E-state index in [0.29, 0.717) is 10.7 Å². The summed E-state index contributed by atoms with van der Waals surface area (Å²) in [6.07, 6.45) is 0.166. The van der Waals surface area contributed by atoms with E-state index >= 15 is 0 Å². The quantitative estimate of drug-likeness (QED) is 0.769. The fourth-order valence-corrected chi connectivity index (χ4v) is 2.21. The molecule has 1 saturated heterocycles. The number of carbonyl (C=O) groups excluding carboxylic acids is 2. The van der Waals surface area contributed by atoms with Crippen molar-refractivity contribution in [2.24, 2.45) is 5.92 Å². The second-order valence-electron chi connectivity index (χ2n) is 4.26. The van der Waals surface area contributed by atoms with Gasteiger partial charge in [0.05, 0.1) is 17.7 Å². The van der Waals surface area contributed by atoms with Gasteiger partial charge in [-0.3, -0.25) is 9.59 Å². The molecule has 0 aromatic heterocycles. The Morgan fingerprint density at radius 3 is 2.89 bits per heavy atom. The number of anilines is 1. The van der Waals surface area contributed by atoms with E-state index in [-0.39, 0.29) is 24.7 Å². The van der Waals surface area contributed by atoms with Gasteiger partial charge in [-0.2, -0.15) is 5.26 Å². The maximum Gasteiger partial charge on any atom is 0.238 e. The van der Waals surface area contributed by atoms with E-state index in [4.69, 9.17) is 16.9 Å². The lowest BCUT2D eigenvalue weighted by molar-refractivity contribution is -0.122. The predicted octanol–water partition coefficient (Wildman–Crippen LogP) is 2.44. The van der Waals surface area contributed by atoms with E-state index in [2.05, 4.69) is 0 Å². The molecule has 1 aliphatic heterocycles. The van der Waals surface area contributed by atoms with Gasteiger partial charge in [0, 0.05) is 17.9 Å². The molecule has 92 valence electrons. The van der Waals surface area contributed by atoms with Gasteiger partial charge >= 0.3 is 0 Å². The molecule has 2 rings (SSSR count). The Kier molecular flexibility index (Phi) is 3.35. The summed E-state index contributed by atoms with van der Waals surface area (Å²) in [4.78, 5) is 25.1. The molecule has 1 aromatic carbocycles. The highest BCUT2D eigenvalue weighted by molar-refractivity contribution is 6.31. The number of rotatable bonds is 2. The first-order chi connectivity index (χ1) is 8.54. The van der Waals surface area contributed by atoms with Crippen molar-refractivity contribution in [1.29, 1.82) is 5.26 Å². The summed E-state index contributed by atoms with van der Waals surface area (Å²) in [6, 6.07) is 7.00. The van der Waals surface area contributed by atoms with Crippen LogP contribution in [-0.2, 0) is 9.59 Å². The summed E-state index contributed by atoms with van der Waals surface area (Å²) in [6.45, 7) is 1.81. The Bertz CT molecular complexity index is 563. The minimum atomic E-state index is -0.527. The van der Waals surface area contributed by atoms with Gasteiger partial charge in [0.25, 0.3) is 0 Å². The zero-order valence-corrected chi connectivity index (χ0v) is 10.6. The van der Waals surface area contributed by atoms with Crippen LogP contribution in [0.15, 0.2) is 18.2 Å². The van der Waals surface area contributed by atoms with Gasteiger partial charge in [0.15, 0.2) is 0 Å². The van der Waals surface area contributed by atoms with Crippen molar-refractivity contribution < 1.29 is 9.59 Å². The van der Waals surface area contributed by atoms with Gasteiger partial charge in [0.1, 0.15) is 0 Å². The van der Waals surface area contributed by atoms with E-state index in [0.717, 1.165) is 10.5 Å². The molecule has 0 aliphatic carbocycles. The zero-order chi connectivity index (χ0) is 13.3. The van der Waals surface area contributed by atoms with E-state index in [9.17, 15) is 9.59 Å². The van der Waals surface area contributed by atoms with E-state index in [1.54, 1.807) is 18.2 Å². The third kappa shape index (κ3) is 2.09. The van der Waals surface area contributed by atoms with Crippen molar-refractivity contribution in [2.75, 3.05) is 4.90 Å². The Labute approximate surface area is 110 Å². The number of imide groups is 1. The van der Waals surface area contributed by atoms with Crippen LogP contribution in [0, 0.1) is 24.2 Å². The van der Waals surface area contributed by atoms with Gasteiger partial charge in [-0.05, 0) is 24.6 Å². The van der Waals surface area contributed by atoms with Crippen LogP contribution in [0.25, 0.3) is 0 Å². The van der Waals surface area contributed by atoms with Gasteiger partial charge in [-0.15, -0.1) is 0 Å². The lowest BCUT2D eigenvalue weighted by atomic mass is 10.1. The number of carbonyl (C=O) groups is 2. The molecule has 0 N–H and O–H groups in total. The van der Waals surface area contributed by atoms with E-state index < -0.39 is 5.92 Å².